The quantitative estimate of drug-likeness (QED) is 0.629. The van der Waals surface area contributed by atoms with Crippen LogP contribution >= 0.6 is 11.6 Å². The van der Waals surface area contributed by atoms with Crippen molar-refractivity contribution in [2.45, 2.75) is 11.4 Å². The van der Waals surface area contributed by atoms with Crippen LogP contribution in [-0.4, -0.2) is 14.3 Å². The predicted octanol–water partition coefficient (Wildman–Crippen LogP) is 4.21. The number of rotatable bonds is 6. The molecule has 0 radical (unpaired) electrons. The van der Waals surface area contributed by atoms with E-state index in [9.17, 15) is 17.6 Å². The third-order valence-electron chi connectivity index (χ3n) is 3.87. The van der Waals surface area contributed by atoms with Crippen molar-refractivity contribution in [2.75, 3.05) is 5.32 Å². The number of sulfonamides is 1. The molecule has 144 valence electrons. The fourth-order valence-corrected chi connectivity index (χ4v) is 4.01. The average molecular weight is 419 g/mol. The van der Waals surface area contributed by atoms with E-state index in [1.54, 1.807) is 24.3 Å². The zero-order valence-electron chi connectivity index (χ0n) is 14.5. The van der Waals surface area contributed by atoms with Gasteiger partial charge >= 0.3 is 0 Å². The van der Waals surface area contributed by atoms with Crippen LogP contribution in [0.5, 0.6) is 0 Å². The topological polar surface area (TPSA) is 75.3 Å². The molecule has 5 nitrogen and oxygen atoms in total. The number of anilines is 1. The zero-order valence-corrected chi connectivity index (χ0v) is 16.1. The van der Waals surface area contributed by atoms with Gasteiger partial charge in [0.2, 0.25) is 10.0 Å². The molecule has 0 fully saturated rings. The van der Waals surface area contributed by atoms with E-state index < -0.39 is 21.7 Å². The summed E-state index contributed by atoms with van der Waals surface area (Å²) in [6.07, 6.45) is 0. The molecule has 0 atom stereocenters. The van der Waals surface area contributed by atoms with E-state index in [2.05, 4.69) is 10.0 Å². The first-order chi connectivity index (χ1) is 13.3. The van der Waals surface area contributed by atoms with E-state index in [4.69, 9.17) is 11.6 Å². The van der Waals surface area contributed by atoms with Crippen LogP contribution in [0.25, 0.3) is 0 Å². The van der Waals surface area contributed by atoms with Crippen molar-refractivity contribution < 1.29 is 17.6 Å². The number of carbonyl (C=O) groups excluding carboxylic acids is 1. The molecule has 0 aromatic heterocycles. The SMILES string of the molecule is O=C(Nc1cccc(F)c1)c1ccc(Cl)c(S(=O)(=O)NCc2ccccc2)c1. The molecule has 0 saturated carbocycles. The monoisotopic (exact) mass is 418 g/mol. The summed E-state index contributed by atoms with van der Waals surface area (Å²) in [5.41, 5.74) is 1.11. The summed E-state index contributed by atoms with van der Waals surface area (Å²) in [7, 11) is -3.95. The molecule has 3 aromatic carbocycles. The lowest BCUT2D eigenvalue weighted by atomic mass is 10.2. The van der Waals surface area contributed by atoms with Crippen LogP contribution in [0, 0.1) is 5.82 Å². The summed E-state index contributed by atoms with van der Waals surface area (Å²) in [4.78, 5) is 12.2. The van der Waals surface area contributed by atoms with Gasteiger partial charge in [-0.05, 0) is 42.0 Å². The van der Waals surface area contributed by atoms with Gasteiger partial charge in [0, 0.05) is 17.8 Å². The summed E-state index contributed by atoms with van der Waals surface area (Å²) in [5.74, 6) is -1.08. The van der Waals surface area contributed by atoms with Crippen molar-refractivity contribution >= 4 is 33.2 Å². The van der Waals surface area contributed by atoms with E-state index >= 15 is 0 Å². The molecule has 1 amide bonds. The molecule has 2 N–H and O–H groups in total. The molecule has 3 aromatic rings. The number of carbonyl (C=O) groups is 1. The average Bonchev–Trinajstić information content (AvgIpc) is 2.67. The van der Waals surface area contributed by atoms with Gasteiger partial charge in [-0.3, -0.25) is 4.79 Å². The van der Waals surface area contributed by atoms with Crippen molar-refractivity contribution in [3.05, 3.63) is 94.8 Å². The maximum Gasteiger partial charge on any atom is 0.255 e. The third-order valence-corrected chi connectivity index (χ3v) is 5.76. The van der Waals surface area contributed by atoms with Crippen LogP contribution in [0.3, 0.4) is 0 Å². The number of benzene rings is 3. The number of halogens is 2. The minimum absolute atomic E-state index is 0.0112. The van der Waals surface area contributed by atoms with E-state index in [1.165, 1.54) is 36.4 Å². The molecule has 3 rings (SSSR count). The van der Waals surface area contributed by atoms with E-state index in [-0.39, 0.29) is 27.7 Å². The first-order valence-electron chi connectivity index (χ1n) is 8.25. The van der Waals surface area contributed by atoms with Gasteiger partial charge in [0.1, 0.15) is 10.7 Å². The Kier molecular flexibility index (Phi) is 6.08. The summed E-state index contributed by atoms with van der Waals surface area (Å²) >= 11 is 6.05. The summed E-state index contributed by atoms with van der Waals surface area (Å²) < 4.78 is 41.0. The Bertz CT molecular complexity index is 1110. The highest BCUT2D eigenvalue weighted by molar-refractivity contribution is 7.89. The Morgan fingerprint density at radius 3 is 2.43 bits per heavy atom. The fraction of sp³-hybridized carbons (Fsp3) is 0.0500. The Labute approximate surface area is 167 Å². The van der Waals surface area contributed by atoms with Crippen molar-refractivity contribution in [3.8, 4) is 0 Å². The van der Waals surface area contributed by atoms with Crippen LogP contribution in [0.2, 0.25) is 5.02 Å². The molecule has 0 heterocycles. The van der Waals surface area contributed by atoms with Crippen LogP contribution < -0.4 is 10.0 Å². The standard InChI is InChI=1S/C20H16ClFN2O3S/c21-18-10-9-15(20(25)24-17-8-4-7-16(22)12-17)11-19(18)28(26,27)23-13-14-5-2-1-3-6-14/h1-12,23H,13H2,(H,24,25). The number of hydrogen-bond acceptors (Lipinski definition) is 3. The number of nitrogens with one attached hydrogen (secondary N) is 2. The third kappa shape index (κ3) is 4.95. The normalized spacial score (nSPS) is 11.2. The second-order valence-corrected chi connectivity index (χ2v) is 8.06. The fourth-order valence-electron chi connectivity index (χ4n) is 2.47. The van der Waals surface area contributed by atoms with Gasteiger partial charge in [0.15, 0.2) is 0 Å². The van der Waals surface area contributed by atoms with Gasteiger partial charge in [-0.25, -0.2) is 17.5 Å². The first kappa shape index (κ1) is 20.0. The Morgan fingerprint density at radius 2 is 1.71 bits per heavy atom. The van der Waals surface area contributed by atoms with Gasteiger partial charge < -0.3 is 5.32 Å². The van der Waals surface area contributed by atoms with E-state index in [0.717, 1.165) is 11.6 Å². The molecule has 0 aliphatic rings. The summed E-state index contributed by atoms with van der Waals surface area (Å²) in [6, 6.07) is 18.3. The lowest BCUT2D eigenvalue weighted by Crippen LogP contribution is -2.24. The lowest BCUT2D eigenvalue weighted by molar-refractivity contribution is 0.102. The summed E-state index contributed by atoms with van der Waals surface area (Å²) in [5, 5.41) is 2.51. The molecular formula is C20H16ClFN2O3S. The molecule has 0 aliphatic carbocycles. The van der Waals surface area contributed by atoms with Crippen molar-refractivity contribution in [1.82, 2.24) is 4.72 Å². The molecule has 28 heavy (non-hydrogen) atoms. The van der Waals surface area contributed by atoms with Crippen LogP contribution in [0.4, 0.5) is 10.1 Å². The molecule has 8 heteroatoms. The number of hydrogen-bond donors (Lipinski definition) is 2. The second kappa shape index (κ2) is 8.52. The van der Waals surface area contributed by atoms with Crippen molar-refractivity contribution in [3.63, 3.8) is 0 Å². The Balaban J connectivity index is 1.81. The highest BCUT2D eigenvalue weighted by atomic mass is 35.5. The van der Waals surface area contributed by atoms with Gasteiger partial charge in [-0.1, -0.05) is 48.0 Å². The molecule has 0 aliphatic heterocycles. The maximum absolute atomic E-state index is 13.3. The molecule has 0 bridgehead atoms. The van der Waals surface area contributed by atoms with Gasteiger partial charge in [-0.2, -0.15) is 0 Å². The van der Waals surface area contributed by atoms with Crippen molar-refractivity contribution in [2.24, 2.45) is 0 Å². The van der Waals surface area contributed by atoms with Crippen molar-refractivity contribution in [1.29, 1.82) is 0 Å². The molecule has 0 saturated heterocycles. The van der Waals surface area contributed by atoms with E-state index in [1.807, 2.05) is 6.07 Å². The molecular weight excluding hydrogens is 403 g/mol. The lowest BCUT2D eigenvalue weighted by Gasteiger charge is -2.11. The van der Waals surface area contributed by atoms with Gasteiger partial charge in [-0.15, -0.1) is 0 Å². The molecule has 0 spiro atoms. The first-order valence-corrected chi connectivity index (χ1v) is 10.1. The second-order valence-electron chi connectivity index (χ2n) is 5.92. The minimum atomic E-state index is -3.95. The highest BCUT2D eigenvalue weighted by Crippen LogP contribution is 2.23. The van der Waals surface area contributed by atoms with Crippen LogP contribution in [0.1, 0.15) is 15.9 Å². The van der Waals surface area contributed by atoms with E-state index in [0.29, 0.717) is 0 Å². The van der Waals surface area contributed by atoms with Gasteiger partial charge in [0.25, 0.3) is 5.91 Å². The Hall–Kier alpha value is -2.74. The smallest absolute Gasteiger partial charge is 0.255 e. The van der Waals surface area contributed by atoms with Gasteiger partial charge in [0.05, 0.1) is 5.02 Å². The Morgan fingerprint density at radius 1 is 0.964 bits per heavy atom. The molecule has 0 unspecified atom stereocenters. The minimum Gasteiger partial charge on any atom is -0.322 e. The van der Waals surface area contributed by atoms with Crippen LogP contribution in [0.15, 0.2) is 77.7 Å². The number of amides is 1. The summed E-state index contributed by atoms with van der Waals surface area (Å²) in [6.45, 7) is 0.0826. The highest BCUT2D eigenvalue weighted by Gasteiger charge is 2.20. The predicted molar refractivity (Wildman–Crippen MR) is 106 cm³/mol. The van der Waals surface area contributed by atoms with Crippen LogP contribution in [-0.2, 0) is 16.6 Å². The largest absolute Gasteiger partial charge is 0.322 e. The maximum atomic E-state index is 13.3. The zero-order chi connectivity index (χ0) is 20.1.